The van der Waals surface area contributed by atoms with Crippen molar-refractivity contribution >= 4 is 46.4 Å². The highest BCUT2D eigenvalue weighted by Gasteiger charge is 2.29. The van der Waals surface area contributed by atoms with Gasteiger partial charge >= 0.3 is 0 Å². The molecule has 0 saturated heterocycles. The highest BCUT2D eigenvalue weighted by atomic mass is 35.5. The summed E-state index contributed by atoms with van der Waals surface area (Å²) in [6, 6.07) is 6.07. The van der Waals surface area contributed by atoms with Gasteiger partial charge in [-0.25, -0.2) is 4.42 Å². The molecule has 0 spiro atoms. The number of amides is 1. The van der Waals surface area contributed by atoms with Crippen molar-refractivity contribution in [3.8, 4) is 23.0 Å². The average molecular weight is 470 g/mol. The Morgan fingerprint density at radius 1 is 0.903 bits per heavy atom. The summed E-state index contributed by atoms with van der Waals surface area (Å²) in [5, 5.41) is 8.20. The number of azo groups is 1. The molecule has 0 aliphatic carbocycles. The van der Waals surface area contributed by atoms with Gasteiger partial charge in [0.05, 0.1) is 39.1 Å². The zero-order valence-electron chi connectivity index (χ0n) is 17.5. The molecular formula is C20H21Cl2N3O6. The molecule has 2 aromatic carbocycles. The molecule has 166 valence electrons. The lowest BCUT2D eigenvalue weighted by molar-refractivity contribution is -0.126. The van der Waals surface area contributed by atoms with Crippen LogP contribution in [0.4, 0.5) is 11.4 Å². The summed E-state index contributed by atoms with van der Waals surface area (Å²) >= 11 is 12.3. The largest absolute Gasteiger partial charge is 0.495 e. The van der Waals surface area contributed by atoms with Crippen molar-refractivity contribution in [3.05, 3.63) is 35.4 Å². The van der Waals surface area contributed by atoms with Gasteiger partial charge in [0.1, 0.15) is 17.2 Å². The predicted octanol–water partition coefficient (Wildman–Crippen LogP) is 4.60. The molecule has 1 unspecified atom stereocenters. The Bertz CT molecular complexity index is 999. The van der Waals surface area contributed by atoms with Gasteiger partial charge in [-0.3, -0.25) is 9.59 Å². The van der Waals surface area contributed by atoms with Crippen LogP contribution in [0.2, 0.25) is 5.02 Å². The van der Waals surface area contributed by atoms with Gasteiger partial charge in [0, 0.05) is 30.0 Å². The molecule has 0 radical (unpaired) electrons. The summed E-state index contributed by atoms with van der Waals surface area (Å²) in [5.74, 6) is 0.0657. The Hall–Kier alpha value is -3.04. The second kappa shape index (κ2) is 10.8. The van der Waals surface area contributed by atoms with Crippen LogP contribution >= 0.6 is 23.4 Å². The second-order valence-electron chi connectivity index (χ2n) is 6.05. The molecule has 1 atom stereocenters. The molecule has 0 fully saturated rings. The number of benzene rings is 2. The number of nitrogens with zero attached hydrogens (tertiary/aromatic N) is 3. The van der Waals surface area contributed by atoms with Crippen molar-refractivity contribution in [2.45, 2.75) is 13.0 Å². The third kappa shape index (κ3) is 5.56. The minimum absolute atomic E-state index is 0.218. The van der Waals surface area contributed by atoms with Gasteiger partial charge in [0.15, 0.2) is 17.3 Å². The summed E-state index contributed by atoms with van der Waals surface area (Å²) in [4.78, 5) is 25.0. The molecule has 31 heavy (non-hydrogen) atoms. The monoisotopic (exact) mass is 469 g/mol. The summed E-state index contributed by atoms with van der Waals surface area (Å²) in [6.45, 7) is 1.21. The lowest BCUT2D eigenvalue weighted by atomic mass is 10.2. The van der Waals surface area contributed by atoms with Gasteiger partial charge in [0.25, 0.3) is 5.91 Å². The van der Waals surface area contributed by atoms with Crippen LogP contribution < -0.4 is 23.4 Å². The fourth-order valence-electron chi connectivity index (χ4n) is 2.53. The van der Waals surface area contributed by atoms with E-state index < -0.39 is 17.7 Å². The topological polar surface area (TPSA) is 99.0 Å². The minimum Gasteiger partial charge on any atom is -0.495 e. The third-order valence-corrected chi connectivity index (χ3v) is 4.80. The minimum atomic E-state index is -1.49. The number of rotatable bonds is 9. The molecule has 9 nitrogen and oxygen atoms in total. The lowest BCUT2D eigenvalue weighted by Gasteiger charge is -2.18. The molecule has 2 rings (SSSR count). The first-order valence-electron chi connectivity index (χ1n) is 8.81. The Balaban J connectivity index is 2.36. The molecule has 0 N–H and O–H groups in total. The summed E-state index contributed by atoms with van der Waals surface area (Å²) in [6.07, 6.45) is 0. The normalized spacial score (nSPS) is 11.7. The Kier molecular flexibility index (Phi) is 8.47. The van der Waals surface area contributed by atoms with Crippen molar-refractivity contribution < 1.29 is 28.5 Å². The van der Waals surface area contributed by atoms with E-state index >= 15 is 0 Å². The molecule has 0 aliphatic heterocycles. The molecule has 0 heterocycles. The standard InChI is InChI=1S/C20H21Cl2N3O6/c1-11(26)19(24-23-14-10-16(29-3)13(21)9-17(14)30-4)20(27)25(22)12-6-7-15(28-2)18(8-12)31-5/h6-10,19H,1-5H3. The van der Waals surface area contributed by atoms with Gasteiger partial charge in [-0.1, -0.05) is 11.6 Å². The fourth-order valence-corrected chi connectivity index (χ4v) is 2.96. The molecule has 0 aromatic heterocycles. The van der Waals surface area contributed by atoms with Crippen LogP contribution in [0.25, 0.3) is 0 Å². The van der Waals surface area contributed by atoms with E-state index in [2.05, 4.69) is 10.2 Å². The molecule has 0 saturated carbocycles. The van der Waals surface area contributed by atoms with Crippen LogP contribution in [0, 0.1) is 0 Å². The van der Waals surface area contributed by atoms with Crippen LogP contribution in [0.15, 0.2) is 40.6 Å². The zero-order valence-corrected chi connectivity index (χ0v) is 19.0. The van der Waals surface area contributed by atoms with Gasteiger partial charge in [0.2, 0.25) is 6.04 Å². The molecule has 1 amide bonds. The van der Waals surface area contributed by atoms with Crippen LogP contribution in [-0.4, -0.2) is 46.2 Å². The van der Waals surface area contributed by atoms with Gasteiger partial charge < -0.3 is 18.9 Å². The van der Waals surface area contributed by atoms with Crippen molar-refractivity contribution in [3.63, 3.8) is 0 Å². The Morgan fingerprint density at radius 2 is 1.52 bits per heavy atom. The number of hydrogen-bond donors (Lipinski definition) is 0. The number of Topliss-reactive ketones (excluding diaryl/α,β-unsaturated/α-hetero) is 1. The number of carbonyl (C=O) groups excluding carboxylic acids is 2. The first kappa shape index (κ1) is 24.2. The molecule has 2 aromatic rings. The van der Waals surface area contributed by atoms with E-state index in [9.17, 15) is 9.59 Å². The van der Waals surface area contributed by atoms with Crippen molar-refractivity contribution in [2.75, 3.05) is 32.9 Å². The fraction of sp³-hybridized carbons (Fsp3) is 0.300. The van der Waals surface area contributed by atoms with Crippen molar-refractivity contribution in [1.82, 2.24) is 0 Å². The predicted molar refractivity (Wildman–Crippen MR) is 116 cm³/mol. The van der Waals surface area contributed by atoms with Crippen LogP contribution in [0.5, 0.6) is 23.0 Å². The van der Waals surface area contributed by atoms with Gasteiger partial charge in [-0.05, 0) is 19.1 Å². The average Bonchev–Trinajstić information content (AvgIpc) is 2.78. The van der Waals surface area contributed by atoms with E-state index in [-0.39, 0.29) is 17.1 Å². The number of ketones is 1. The van der Waals surface area contributed by atoms with E-state index in [1.807, 2.05) is 0 Å². The maximum atomic E-state index is 12.9. The van der Waals surface area contributed by atoms with Gasteiger partial charge in [-0.15, -0.1) is 0 Å². The SMILES string of the molecule is COc1cc(N=NC(C(C)=O)C(=O)N(Cl)c2ccc(OC)c(OC)c2)c(OC)cc1Cl. The Labute approximate surface area is 189 Å². The number of carbonyl (C=O) groups is 2. The number of methoxy groups -OCH3 is 4. The Morgan fingerprint density at radius 3 is 2.06 bits per heavy atom. The van der Waals surface area contributed by atoms with Gasteiger partial charge in [-0.2, -0.15) is 10.2 Å². The highest BCUT2D eigenvalue weighted by Crippen LogP contribution is 2.38. The van der Waals surface area contributed by atoms with E-state index in [1.165, 1.54) is 59.6 Å². The van der Waals surface area contributed by atoms with Crippen LogP contribution in [-0.2, 0) is 9.59 Å². The maximum Gasteiger partial charge on any atom is 0.276 e. The van der Waals surface area contributed by atoms with E-state index in [1.54, 1.807) is 6.07 Å². The number of halogens is 2. The first-order chi connectivity index (χ1) is 14.8. The lowest BCUT2D eigenvalue weighted by Crippen LogP contribution is -2.36. The van der Waals surface area contributed by atoms with Crippen LogP contribution in [0.1, 0.15) is 6.92 Å². The van der Waals surface area contributed by atoms with Crippen LogP contribution in [0.3, 0.4) is 0 Å². The molecule has 11 heteroatoms. The molecule has 0 aliphatic rings. The third-order valence-electron chi connectivity index (χ3n) is 4.14. The highest BCUT2D eigenvalue weighted by molar-refractivity contribution is 6.39. The van der Waals surface area contributed by atoms with E-state index in [0.29, 0.717) is 22.3 Å². The molecule has 0 bridgehead atoms. The molecular weight excluding hydrogens is 449 g/mol. The summed E-state index contributed by atoms with van der Waals surface area (Å²) < 4.78 is 21.5. The van der Waals surface area contributed by atoms with E-state index in [4.69, 9.17) is 42.3 Å². The number of anilines is 1. The smallest absolute Gasteiger partial charge is 0.276 e. The van der Waals surface area contributed by atoms with Crippen molar-refractivity contribution in [2.24, 2.45) is 10.2 Å². The second-order valence-corrected chi connectivity index (χ2v) is 6.79. The summed E-state index contributed by atoms with van der Waals surface area (Å²) in [7, 11) is 5.78. The maximum absolute atomic E-state index is 12.9. The quantitative estimate of drug-likeness (QED) is 0.302. The van der Waals surface area contributed by atoms with Crippen molar-refractivity contribution in [1.29, 1.82) is 0 Å². The first-order valence-corrected chi connectivity index (χ1v) is 9.53. The zero-order chi connectivity index (χ0) is 23.1. The summed E-state index contributed by atoms with van der Waals surface area (Å²) in [5.41, 5.74) is 0.478. The van der Waals surface area contributed by atoms with E-state index in [0.717, 1.165) is 4.42 Å². The number of ether oxygens (including phenoxy) is 4. The number of hydrogen-bond acceptors (Lipinski definition) is 8.